The first-order chi connectivity index (χ1) is 22.1. The Hall–Kier alpha value is -4.48. The van der Waals surface area contributed by atoms with Crippen LogP contribution in [0.4, 0.5) is 10.1 Å². The second-order valence-corrected chi connectivity index (χ2v) is 13.9. The molecule has 0 spiro atoms. The van der Waals surface area contributed by atoms with Gasteiger partial charge in [0.25, 0.3) is 11.8 Å². The third-order valence-corrected chi connectivity index (χ3v) is 9.15. The van der Waals surface area contributed by atoms with Crippen molar-refractivity contribution in [1.29, 1.82) is 5.41 Å². The number of hydrogen-bond donors (Lipinski definition) is 4. The van der Waals surface area contributed by atoms with Gasteiger partial charge in [-0.1, -0.05) is 32.9 Å². The lowest BCUT2D eigenvalue weighted by atomic mass is 9.84. The van der Waals surface area contributed by atoms with Gasteiger partial charge in [-0.15, -0.1) is 0 Å². The number of fused-ring (bicyclic) bond motifs is 3. The van der Waals surface area contributed by atoms with Gasteiger partial charge in [0, 0.05) is 36.0 Å². The monoisotopic (exact) mass is 644 g/mol. The third-order valence-electron chi connectivity index (χ3n) is 9.15. The topological polar surface area (TPSA) is 119 Å². The molecule has 2 amide bonds. The van der Waals surface area contributed by atoms with Gasteiger partial charge >= 0.3 is 0 Å². The SMILES string of the molecule is CN1C(=O)C(NC2=CC=C(OC(C)(C)N(C)C)CN2)=CC2c3cccc(NC(=O)c4c(F)cc(C(C)(C)C)cc4C=N)c3COC[C@H]21. The highest BCUT2D eigenvalue weighted by molar-refractivity contribution is 6.09. The molecule has 4 N–H and O–H groups in total. The first-order valence-corrected chi connectivity index (χ1v) is 15.7. The van der Waals surface area contributed by atoms with Crippen LogP contribution in [0, 0.1) is 11.2 Å². The molecule has 0 bridgehead atoms. The molecule has 0 saturated carbocycles. The molecule has 11 heteroatoms. The van der Waals surface area contributed by atoms with Crippen LogP contribution in [0.25, 0.3) is 0 Å². The molecule has 2 aromatic carbocycles. The lowest BCUT2D eigenvalue weighted by Crippen LogP contribution is -2.49. The molecule has 0 fully saturated rings. The van der Waals surface area contributed by atoms with Gasteiger partial charge in [-0.05, 0) is 80.9 Å². The van der Waals surface area contributed by atoms with Crippen LogP contribution in [0.2, 0.25) is 0 Å². The normalized spacial score (nSPS) is 19.7. The Bertz CT molecular complexity index is 1690. The van der Waals surface area contributed by atoms with E-state index in [0.717, 1.165) is 23.1 Å². The lowest BCUT2D eigenvalue weighted by molar-refractivity contribution is -0.130. The molecule has 0 aliphatic carbocycles. The van der Waals surface area contributed by atoms with Crippen molar-refractivity contribution in [3.63, 3.8) is 0 Å². The van der Waals surface area contributed by atoms with Crippen molar-refractivity contribution in [3.8, 4) is 0 Å². The average Bonchev–Trinajstić information content (AvgIpc) is 3.19. The van der Waals surface area contributed by atoms with E-state index in [1.165, 1.54) is 6.07 Å². The standard InChI is InChI=1S/C36H45FN6O4/c1-35(2,3)22-14-21(17-38)32(27(37)15-22)33(44)41-28-11-9-10-24-25-16-29(34(45)43(8)30(25)20-46-19-26(24)28)40-31-13-12-23(18-39-31)47-36(4,5)42(6)7/h9-17,25,30,38-40H,18-20H2,1-8H3,(H,41,44)/t25?,30-/m1/s1. The van der Waals surface area contributed by atoms with Crippen molar-refractivity contribution in [2.24, 2.45) is 0 Å². The summed E-state index contributed by atoms with van der Waals surface area (Å²) in [7, 11) is 5.67. The van der Waals surface area contributed by atoms with Crippen LogP contribution in [0.1, 0.15) is 73.1 Å². The first-order valence-electron chi connectivity index (χ1n) is 15.7. The van der Waals surface area contributed by atoms with Crippen molar-refractivity contribution >= 4 is 23.7 Å². The van der Waals surface area contributed by atoms with E-state index in [-0.39, 0.29) is 41.0 Å². The average molecular weight is 645 g/mol. The molecule has 2 atom stereocenters. The molecule has 3 heterocycles. The molecule has 5 rings (SSSR count). The number of anilines is 1. The fourth-order valence-corrected chi connectivity index (χ4v) is 5.82. The van der Waals surface area contributed by atoms with Crippen molar-refractivity contribution < 1.29 is 23.5 Å². The number of allylic oxidation sites excluding steroid dienone is 2. The molecular weight excluding hydrogens is 599 g/mol. The number of nitrogens with one attached hydrogen (secondary N) is 4. The van der Waals surface area contributed by atoms with E-state index in [1.807, 2.05) is 84.0 Å². The van der Waals surface area contributed by atoms with Crippen molar-refractivity contribution in [3.05, 3.63) is 99.5 Å². The molecule has 0 aromatic heterocycles. The zero-order chi connectivity index (χ0) is 34.3. The van der Waals surface area contributed by atoms with Gasteiger partial charge in [-0.2, -0.15) is 0 Å². The molecule has 3 aliphatic rings. The number of likely N-dealkylation sites (N-methyl/N-ethyl adjacent to an activating group) is 1. The van der Waals surface area contributed by atoms with E-state index in [2.05, 4.69) is 16.0 Å². The van der Waals surface area contributed by atoms with Gasteiger partial charge in [-0.3, -0.25) is 14.5 Å². The number of ether oxygens (including phenoxy) is 2. The number of dihydropyridines is 1. The van der Waals surface area contributed by atoms with Gasteiger partial charge < -0.3 is 35.7 Å². The van der Waals surface area contributed by atoms with E-state index in [4.69, 9.17) is 14.9 Å². The van der Waals surface area contributed by atoms with E-state index < -0.39 is 17.4 Å². The van der Waals surface area contributed by atoms with Crippen molar-refractivity contribution in [1.82, 2.24) is 20.4 Å². The van der Waals surface area contributed by atoms with Crippen molar-refractivity contribution in [2.45, 2.75) is 64.3 Å². The number of nitrogens with zero attached hydrogens (tertiary/aromatic N) is 2. The highest BCUT2D eigenvalue weighted by Crippen LogP contribution is 2.38. The summed E-state index contributed by atoms with van der Waals surface area (Å²) in [5.41, 5.74) is 2.43. The maximum absolute atomic E-state index is 15.4. The summed E-state index contributed by atoms with van der Waals surface area (Å²) < 4.78 is 27.6. The molecular formula is C36H45FN6O4. The summed E-state index contributed by atoms with van der Waals surface area (Å²) in [6.07, 6.45) is 6.65. The Balaban J connectivity index is 1.43. The number of halogens is 1. The largest absolute Gasteiger partial charge is 0.476 e. The minimum atomic E-state index is -0.682. The number of hydrogen-bond acceptors (Lipinski definition) is 8. The summed E-state index contributed by atoms with van der Waals surface area (Å²) in [6.45, 7) is 10.8. The number of benzene rings is 2. The number of carbonyl (C=O) groups excluding carboxylic acids is 2. The lowest BCUT2D eigenvalue weighted by Gasteiger charge is -2.38. The zero-order valence-corrected chi connectivity index (χ0v) is 28.4. The number of carbonyl (C=O) groups is 2. The molecule has 47 heavy (non-hydrogen) atoms. The summed E-state index contributed by atoms with van der Waals surface area (Å²) in [4.78, 5) is 30.7. The van der Waals surface area contributed by atoms with Gasteiger partial charge in [0.1, 0.15) is 23.1 Å². The van der Waals surface area contributed by atoms with Crippen LogP contribution in [0.15, 0.2) is 65.8 Å². The number of rotatable bonds is 8. The Morgan fingerprint density at radius 2 is 1.94 bits per heavy atom. The molecule has 250 valence electrons. The van der Waals surface area contributed by atoms with Gasteiger partial charge in [0.05, 0.1) is 31.4 Å². The summed E-state index contributed by atoms with van der Waals surface area (Å²) >= 11 is 0. The summed E-state index contributed by atoms with van der Waals surface area (Å²) in [6, 6.07) is 8.33. The van der Waals surface area contributed by atoms with Gasteiger partial charge in [0.2, 0.25) is 0 Å². The molecule has 3 aliphatic heterocycles. The predicted molar refractivity (Wildman–Crippen MR) is 181 cm³/mol. The molecule has 10 nitrogen and oxygen atoms in total. The Morgan fingerprint density at radius 3 is 2.57 bits per heavy atom. The van der Waals surface area contributed by atoms with E-state index >= 15 is 4.39 Å². The van der Waals surface area contributed by atoms with E-state index in [1.54, 1.807) is 24.1 Å². The minimum Gasteiger partial charge on any atom is -0.476 e. The van der Waals surface area contributed by atoms with Gasteiger partial charge in [0.15, 0.2) is 5.72 Å². The van der Waals surface area contributed by atoms with Crippen molar-refractivity contribution in [2.75, 3.05) is 39.6 Å². The highest BCUT2D eigenvalue weighted by atomic mass is 19.1. The fraction of sp³-hybridized carbons (Fsp3) is 0.417. The van der Waals surface area contributed by atoms with E-state index in [0.29, 0.717) is 35.9 Å². The zero-order valence-electron chi connectivity index (χ0n) is 28.4. The molecule has 0 radical (unpaired) electrons. The predicted octanol–water partition coefficient (Wildman–Crippen LogP) is 4.94. The second kappa shape index (κ2) is 13.0. The van der Waals surface area contributed by atoms with Crippen LogP contribution >= 0.6 is 0 Å². The second-order valence-electron chi connectivity index (χ2n) is 13.9. The Labute approximate surface area is 276 Å². The molecule has 2 aromatic rings. The summed E-state index contributed by atoms with van der Waals surface area (Å²) in [5, 5.41) is 17.3. The van der Waals surface area contributed by atoms with Crippen LogP contribution < -0.4 is 16.0 Å². The first kappa shape index (κ1) is 33.9. The third kappa shape index (κ3) is 6.96. The van der Waals surface area contributed by atoms with Crippen LogP contribution in [0.5, 0.6) is 0 Å². The maximum Gasteiger partial charge on any atom is 0.270 e. The molecule has 0 saturated heterocycles. The quantitative estimate of drug-likeness (QED) is 0.237. The van der Waals surface area contributed by atoms with Crippen LogP contribution in [-0.4, -0.2) is 73.9 Å². The highest BCUT2D eigenvalue weighted by Gasteiger charge is 2.39. The Morgan fingerprint density at radius 1 is 1.19 bits per heavy atom. The summed E-state index contributed by atoms with van der Waals surface area (Å²) in [5.74, 6) is -0.298. The smallest absolute Gasteiger partial charge is 0.270 e. The molecule has 1 unspecified atom stereocenters. The number of amides is 2. The van der Waals surface area contributed by atoms with Crippen LogP contribution in [-0.2, 0) is 26.3 Å². The fourth-order valence-electron chi connectivity index (χ4n) is 5.82. The minimum absolute atomic E-state index is 0.168. The van der Waals surface area contributed by atoms with Gasteiger partial charge in [-0.25, -0.2) is 4.39 Å². The van der Waals surface area contributed by atoms with Crippen LogP contribution in [0.3, 0.4) is 0 Å². The Kier molecular flexibility index (Phi) is 9.34. The van der Waals surface area contributed by atoms with E-state index in [9.17, 15) is 9.59 Å². The maximum atomic E-state index is 15.4.